The summed E-state index contributed by atoms with van der Waals surface area (Å²) in [6.07, 6.45) is -2.75. The summed E-state index contributed by atoms with van der Waals surface area (Å²) in [6.45, 7) is 1.60. The van der Waals surface area contributed by atoms with Crippen molar-refractivity contribution in [2.24, 2.45) is 0 Å². The Bertz CT molecular complexity index is 399. The second-order valence-electron chi connectivity index (χ2n) is 2.98. The number of halogens is 2. The van der Waals surface area contributed by atoms with E-state index in [2.05, 4.69) is 4.98 Å². The molecule has 5 heteroatoms. The number of hydrogen-bond donors (Lipinski definition) is 0. The molecule has 0 saturated carbocycles. The Kier molecular flexibility index (Phi) is 3.56. The lowest BCUT2D eigenvalue weighted by Crippen LogP contribution is -2.02. The molecule has 0 fully saturated rings. The monoisotopic (exact) mass is 212 g/mol. The summed E-state index contributed by atoms with van der Waals surface area (Å²) in [6, 6.07) is 3.10. The second kappa shape index (κ2) is 4.69. The summed E-state index contributed by atoms with van der Waals surface area (Å²) in [5.41, 5.74) is 0.435. The largest absolute Gasteiger partial charge is 0.481 e. The molecule has 0 aliphatic heterocycles. The van der Waals surface area contributed by atoms with Crippen molar-refractivity contribution in [2.45, 2.75) is 19.8 Å². The summed E-state index contributed by atoms with van der Waals surface area (Å²) in [4.78, 5) is 3.95. The summed E-state index contributed by atoms with van der Waals surface area (Å²) >= 11 is 0. The Labute approximate surface area is 86.3 Å². The van der Waals surface area contributed by atoms with Gasteiger partial charge >= 0.3 is 0 Å². The average Bonchev–Trinajstić information content (AvgIpc) is 2.19. The minimum absolute atomic E-state index is 0.104. The van der Waals surface area contributed by atoms with Gasteiger partial charge in [0.2, 0.25) is 5.88 Å². The van der Waals surface area contributed by atoms with Crippen molar-refractivity contribution in [3.05, 3.63) is 22.9 Å². The van der Waals surface area contributed by atoms with Crippen molar-refractivity contribution < 1.29 is 13.5 Å². The van der Waals surface area contributed by atoms with Crippen LogP contribution in [0.5, 0.6) is 5.88 Å². The van der Waals surface area contributed by atoms with Crippen LogP contribution in [0.3, 0.4) is 0 Å². The van der Waals surface area contributed by atoms with Gasteiger partial charge in [0, 0.05) is 16.8 Å². The Balaban J connectivity index is 3.34. The van der Waals surface area contributed by atoms with E-state index in [4.69, 9.17) is 10.00 Å². The van der Waals surface area contributed by atoms with Crippen molar-refractivity contribution in [3.8, 4) is 11.9 Å². The maximum absolute atomic E-state index is 12.7. The van der Waals surface area contributed by atoms with Crippen LogP contribution in [-0.2, 0) is 6.42 Å². The topological polar surface area (TPSA) is 45.9 Å². The van der Waals surface area contributed by atoms with Gasteiger partial charge in [-0.15, -0.1) is 0 Å². The number of hydrogen-bond acceptors (Lipinski definition) is 3. The lowest BCUT2D eigenvalue weighted by molar-refractivity contribution is 0.149. The van der Waals surface area contributed by atoms with Crippen molar-refractivity contribution in [2.75, 3.05) is 7.11 Å². The van der Waals surface area contributed by atoms with E-state index in [9.17, 15) is 8.78 Å². The first-order chi connectivity index (χ1) is 7.10. The van der Waals surface area contributed by atoms with Crippen LogP contribution >= 0.6 is 0 Å². The fourth-order valence-electron chi connectivity index (χ4n) is 1.32. The molecule has 0 spiro atoms. The molecule has 15 heavy (non-hydrogen) atoms. The first-order valence-corrected chi connectivity index (χ1v) is 4.29. The van der Waals surface area contributed by atoms with E-state index in [0.29, 0.717) is 5.69 Å². The Morgan fingerprint density at radius 2 is 2.27 bits per heavy atom. The van der Waals surface area contributed by atoms with E-state index in [1.54, 1.807) is 6.92 Å². The molecule has 80 valence electrons. The zero-order chi connectivity index (χ0) is 11.4. The molecule has 0 saturated heterocycles. The number of rotatable bonds is 3. The van der Waals surface area contributed by atoms with Gasteiger partial charge in [-0.1, -0.05) is 0 Å². The first kappa shape index (κ1) is 11.4. The number of ether oxygens (including phenoxy) is 1. The highest BCUT2D eigenvalue weighted by molar-refractivity contribution is 5.39. The van der Waals surface area contributed by atoms with E-state index in [0.717, 1.165) is 0 Å². The molecule has 0 atom stereocenters. The quantitative estimate of drug-likeness (QED) is 0.772. The smallest absolute Gasteiger partial charge is 0.264 e. The summed E-state index contributed by atoms with van der Waals surface area (Å²) in [5.74, 6) is 0.104. The predicted octanol–water partition coefficient (Wildman–Crippen LogP) is 2.40. The molecular formula is C10H10F2N2O. The van der Waals surface area contributed by atoms with E-state index in [1.807, 2.05) is 6.07 Å². The highest BCUT2D eigenvalue weighted by atomic mass is 19.3. The van der Waals surface area contributed by atoms with Gasteiger partial charge in [-0.2, -0.15) is 5.26 Å². The Morgan fingerprint density at radius 1 is 1.60 bits per heavy atom. The van der Waals surface area contributed by atoms with Crippen LogP contribution in [0.4, 0.5) is 8.78 Å². The molecule has 0 aliphatic carbocycles. The number of aromatic nitrogens is 1. The fraction of sp³-hybridized carbons (Fsp3) is 0.400. The standard InChI is InChI=1S/C10H10F2N2O/c1-6-5-8(9(11)12)7(3-4-13)10(14-6)15-2/h5,9H,3H2,1-2H3. The lowest BCUT2D eigenvalue weighted by Gasteiger charge is -2.11. The highest BCUT2D eigenvalue weighted by Gasteiger charge is 2.18. The minimum atomic E-state index is -2.62. The second-order valence-corrected chi connectivity index (χ2v) is 2.98. The summed E-state index contributed by atoms with van der Waals surface area (Å²) in [5, 5.41) is 8.54. The normalized spacial score (nSPS) is 10.1. The third-order valence-corrected chi connectivity index (χ3v) is 1.93. The molecule has 0 aliphatic rings. The van der Waals surface area contributed by atoms with Crippen molar-refractivity contribution in [1.29, 1.82) is 5.26 Å². The van der Waals surface area contributed by atoms with Gasteiger partial charge in [0.15, 0.2) is 0 Å². The SMILES string of the molecule is COc1nc(C)cc(C(F)F)c1CC#N. The highest BCUT2D eigenvalue weighted by Crippen LogP contribution is 2.29. The van der Waals surface area contributed by atoms with Gasteiger partial charge in [-0.25, -0.2) is 13.8 Å². The minimum Gasteiger partial charge on any atom is -0.481 e. The number of pyridine rings is 1. The average molecular weight is 212 g/mol. The molecule has 1 rings (SSSR count). The van der Waals surface area contributed by atoms with Crippen LogP contribution in [0.15, 0.2) is 6.07 Å². The molecule has 0 radical (unpaired) electrons. The number of nitrogens with zero attached hydrogens (tertiary/aromatic N) is 2. The first-order valence-electron chi connectivity index (χ1n) is 4.29. The van der Waals surface area contributed by atoms with Crippen LogP contribution in [0.2, 0.25) is 0 Å². The molecule has 1 aromatic rings. The molecule has 3 nitrogen and oxygen atoms in total. The van der Waals surface area contributed by atoms with Crippen molar-refractivity contribution in [1.82, 2.24) is 4.98 Å². The number of methoxy groups -OCH3 is 1. The molecule has 0 N–H and O–H groups in total. The van der Waals surface area contributed by atoms with Crippen molar-refractivity contribution >= 4 is 0 Å². The van der Waals surface area contributed by atoms with Gasteiger partial charge in [0.25, 0.3) is 6.43 Å². The zero-order valence-electron chi connectivity index (χ0n) is 8.42. The Hall–Kier alpha value is -1.70. The van der Waals surface area contributed by atoms with Crippen molar-refractivity contribution in [3.63, 3.8) is 0 Å². The van der Waals surface area contributed by atoms with Gasteiger partial charge in [0.1, 0.15) is 0 Å². The summed E-state index contributed by atoms with van der Waals surface area (Å²) < 4.78 is 30.2. The lowest BCUT2D eigenvalue weighted by atomic mass is 10.1. The van der Waals surface area contributed by atoms with E-state index in [1.165, 1.54) is 13.2 Å². The molecule has 1 heterocycles. The number of aryl methyl sites for hydroxylation is 1. The summed E-state index contributed by atoms with van der Waals surface area (Å²) in [7, 11) is 1.35. The van der Waals surface area contributed by atoms with Gasteiger partial charge in [-0.3, -0.25) is 0 Å². The Morgan fingerprint density at radius 3 is 2.73 bits per heavy atom. The molecule has 0 unspecified atom stereocenters. The van der Waals surface area contributed by atoms with Crippen LogP contribution in [0, 0.1) is 18.3 Å². The van der Waals surface area contributed by atoms with Gasteiger partial charge in [0.05, 0.1) is 19.6 Å². The number of nitriles is 1. The van der Waals surface area contributed by atoms with Crippen LogP contribution in [0.1, 0.15) is 23.2 Å². The third kappa shape index (κ3) is 2.40. The van der Waals surface area contributed by atoms with Crippen LogP contribution < -0.4 is 4.74 Å². The number of alkyl halides is 2. The third-order valence-electron chi connectivity index (χ3n) is 1.93. The van der Waals surface area contributed by atoms with Crippen LogP contribution in [-0.4, -0.2) is 12.1 Å². The zero-order valence-corrected chi connectivity index (χ0v) is 8.42. The van der Waals surface area contributed by atoms with Gasteiger partial charge < -0.3 is 4.74 Å². The maximum atomic E-state index is 12.7. The fourth-order valence-corrected chi connectivity index (χ4v) is 1.32. The van der Waals surface area contributed by atoms with E-state index >= 15 is 0 Å². The molecule has 0 bridgehead atoms. The molecule has 1 aromatic heterocycles. The van der Waals surface area contributed by atoms with E-state index in [-0.39, 0.29) is 23.4 Å². The maximum Gasteiger partial charge on any atom is 0.264 e. The van der Waals surface area contributed by atoms with Gasteiger partial charge in [-0.05, 0) is 13.0 Å². The van der Waals surface area contributed by atoms with Crippen LogP contribution in [0.25, 0.3) is 0 Å². The predicted molar refractivity (Wildman–Crippen MR) is 49.8 cm³/mol. The molecule has 0 amide bonds. The molecule has 0 aromatic carbocycles. The van der Waals surface area contributed by atoms with E-state index < -0.39 is 6.43 Å². The molecular weight excluding hydrogens is 202 g/mol.